The van der Waals surface area contributed by atoms with Gasteiger partial charge in [-0.15, -0.1) is 0 Å². The second kappa shape index (κ2) is 14.5. The molecule has 15 heteroatoms. The summed E-state index contributed by atoms with van der Waals surface area (Å²) in [6, 6.07) is -0.382. The average molecular weight is 633 g/mol. The second-order valence-corrected chi connectivity index (χ2v) is 13.1. The molecule has 2 fully saturated rings. The number of aliphatic hydroxyl groups is 3. The lowest BCUT2D eigenvalue weighted by Crippen LogP contribution is -2.61. The van der Waals surface area contributed by atoms with Crippen molar-refractivity contribution < 1.29 is 53.0 Å². The van der Waals surface area contributed by atoms with Gasteiger partial charge in [0.05, 0.1) is 30.5 Å². The van der Waals surface area contributed by atoms with E-state index in [1.165, 1.54) is 21.0 Å². The molecule has 0 amide bonds. The number of alkyl halides is 1. The summed E-state index contributed by atoms with van der Waals surface area (Å²) in [5.41, 5.74) is 1.64. The number of esters is 1. The van der Waals surface area contributed by atoms with E-state index in [1.54, 1.807) is 39.8 Å². The number of Topliss-reactive ketones (excluding diaryl/α,β-unsaturated/α-hetero) is 2. The molecular weight excluding hydrogens is 583 g/mol. The molecule has 3 N–H and O–H groups in total. The van der Waals surface area contributed by atoms with Crippen LogP contribution in [0.25, 0.3) is 10.4 Å². The van der Waals surface area contributed by atoms with E-state index in [1.807, 2.05) is 0 Å². The maximum Gasteiger partial charge on any atom is 0.351 e. The Bertz CT molecular complexity index is 1100. The van der Waals surface area contributed by atoms with Crippen LogP contribution >= 0.6 is 0 Å². The van der Waals surface area contributed by atoms with Crippen molar-refractivity contribution in [3.05, 3.63) is 10.4 Å². The van der Waals surface area contributed by atoms with Crippen LogP contribution in [0.1, 0.15) is 61.3 Å². The smallest absolute Gasteiger partial charge is 0.351 e. The number of hydrogen-bond donors (Lipinski definition) is 3. The van der Waals surface area contributed by atoms with Crippen LogP contribution < -0.4 is 0 Å². The third-order valence-electron chi connectivity index (χ3n) is 9.27. The van der Waals surface area contributed by atoms with Gasteiger partial charge >= 0.3 is 5.97 Å². The molecule has 14 nitrogen and oxygen atoms in total. The predicted molar refractivity (Wildman–Crippen MR) is 155 cm³/mol. The molecular formula is C29H49FN4O10. The van der Waals surface area contributed by atoms with E-state index in [2.05, 4.69) is 10.0 Å². The molecule has 2 heterocycles. The van der Waals surface area contributed by atoms with Gasteiger partial charge in [0.2, 0.25) is 0 Å². The number of cyclic esters (lactones) is 1. The quantitative estimate of drug-likeness (QED) is 0.127. The predicted octanol–water partition coefficient (Wildman–Crippen LogP) is 1.72. The molecule has 44 heavy (non-hydrogen) atoms. The number of rotatable bonds is 6. The lowest BCUT2D eigenvalue weighted by molar-refractivity contribution is -0.295. The van der Waals surface area contributed by atoms with Crippen molar-refractivity contribution in [1.29, 1.82) is 0 Å². The standard InChI is InChI=1S/C29H49FN4O10/c1-14-12-27(5,41-10)24(44-25-21(36)18(34(8)9)11-15(2)42-25)17(4)22(37)28(6,30)26(39)43-19(13-32-33-31)29(7,40)23(38)16(3)20(14)35/h14-19,21,23-25,36,38,40H,11-13H2,1-10H3/t14-,15?,16+,17+,18?,19-,21?,23-,24-,25?,27-,28+,29-/m1/s1. The lowest BCUT2D eigenvalue weighted by Gasteiger charge is -2.47. The van der Waals surface area contributed by atoms with Crippen LogP contribution in [0.3, 0.4) is 0 Å². The minimum Gasteiger partial charge on any atom is -0.456 e. The summed E-state index contributed by atoms with van der Waals surface area (Å²) in [5, 5.41) is 36.8. The minimum absolute atomic E-state index is 0.102. The number of methoxy groups -OCH3 is 1. The summed E-state index contributed by atoms with van der Waals surface area (Å²) in [4.78, 5) is 45.0. The SMILES string of the molecule is CO[C@]1(C)C[C@@H](C)C(=O)[C@H](C)[C@@H](O)[C@](C)(O)[C@@H](CN=[N+]=[N-])OC(=O)[C@@](C)(F)C(=O)[C@H](C)[C@H]1OC1OC(C)CC(N(C)C)C1O. The molecule has 252 valence electrons. The van der Waals surface area contributed by atoms with Gasteiger partial charge in [-0.05, 0) is 60.2 Å². The van der Waals surface area contributed by atoms with Crippen LogP contribution in [-0.4, -0.2) is 125 Å². The second-order valence-electron chi connectivity index (χ2n) is 13.1. The van der Waals surface area contributed by atoms with E-state index >= 15 is 4.39 Å². The van der Waals surface area contributed by atoms with E-state index in [0.29, 0.717) is 13.3 Å². The number of carbonyl (C=O) groups excluding carboxylic acids is 3. The first-order valence-electron chi connectivity index (χ1n) is 14.8. The van der Waals surface area contributed by atoms with Crippen molar-refractivity contribution in [1.82, 2.24) is 4.90 Å². The van der Waals surface area contributed by atoms with Gasteiger partial charge in [-0.2, -0.15) is 0 Å². The van der Waals surface area contributed by atoms with Gasteiger partial charge in [0, 0.05) is 35.8 Å². The van der Waals surface area contributed by atoms with Crippen molar-refractivity contribution in [2.45, 2.75) is 121 Å². The number of azide groups is 1. The summed E-state index contributed by atoms with van der Waals surface area (Å²) in [6.45, 7) is 8.65. The number of ketones is 2. The molecule has 4 unspecified atom stereocenters. The molecule has 0 spiro atoms. The zero-order chi connectivity index (χ0) is 33.9. The molecule has 2 saturated heterocycles. The average Bonchev–Trinajstić information content (AvgIpc) is 2.96. The highest BCUT2D eigenvalue weighted by Crippen LogP contribution is 2.39. The molecule has 0 aromatic rings. The fraction of sp³-hybridized carbons (Fsp3) is 0.897. The lowest BCUT2D eigenvalue weighted by atomic mass is 9.74. The molecule has 0 aliphatic carbocycles. The van der Waals surface area contributed by atoms with E-state index in [0.717, 1.165) is 6.92 Å². The minimum atomic E-state index is -3.31. The van der Waals surface area contributed by atoms with Crippen LogP contribution in [0, 0.1) is 17.8 Å². The van der Waals surface area contributed by atoms with Crippen LogP contribution in [-0.2, 0) is 33.3 Å². The van der Waals surface area contributed by atoms with Crippen LogP contribution in [0.15, 0.2) is 5.11 Å². The normalized spacial score (nSPS) is 44.9. The third-order valence-corrected chi connectivity index (χ3v) is 9.27. The van der Waals surface area contributed by atoms with Crippen molar-refractivity contribution in [3.8, 4) is 0 Å². The molecule has 0 aromatic carbocycles. The Hall–Kier alpha value is -2.23. The number of nitrogens with zero attached hydrogens (tertiary/aromatic N) is 4. The van der Waals surface area contributed by atoms with E-state index in [-0.39, 0.29) is 18.6 Å². The molecule has 0 aromatic heterocycles. The molecule has 2 rings (SSSR count). The Morgan fingerprint density at radius 2 is 1.70 bits per heavy atom. The summed E-state index contributed by atoms with van der Waals surface area (Å²) >= 11 is 0. The highest BCUT2D eigenvalue weighted by molar-refractivity contribution is 6.07. The Balaban J connectivity index is 2.71. The Morgan fingerprint density at radius 1 is 1.11 bits per heavy atom. The van der Waals surface area contributed by atoms with Crippen molar-refractivity contribution >= 4 is 17.5 Å². The molecule has 0 bridgehead atoms. The number of aliphatic hydroxyl groups excluding tert-OH is 2. The monoisotopic (exact) mass is 632 g/mol. The number of halogens is 1. The van der Waals surface area contributed by atoms with Gasteiger partial charge in [0.25, 0.3) is 5.67 Å². The van der Waals surface area contributed by atoms with Gasteiger partial charge in [0.1, 0.15) is 23.6 Å². The first-order chi connectivity index (χ1) is 20.2. The summed E-state index contributed by atoms with van der Waals surface area (Å²) in [7, 11) is 4.89. The number of likely N-dealkylation sites (N-methyl/N-ethyl adjacent to an activating group) is 1. The fourth-order valence-corrected chi connectivity index (χ4v) is 6.27. The third kappa shape index (κ3) is 7.76. The summed E-state index contributed by atoms with van der Waals surface area (Å²) in [5.74, 6) is -7.02. The van der Waals surface area contributed by atoms with Crippen LogP contribution in [0.2, 0.25) is 0 Å². The maximum absolute atomic E-state index is 16.2. The summed E-state index contributed by atoms with van der Waals surface area (Å²) in [6.07, 6.45) is -7.49. The number of ether oxygens (including phenoxy) is 4. The molecule has 2 aliphatic heterocycles. The van der Waals surface area contributed by atoms with E-state index in [9.17, 15) is 29.7 Å². The van der Waals surface area contributed by atoms with E-state index < -0.39 is 89.4 Å². The van der Waals surface area contributed by atoms with Gasteiger partial charge in [-0.25, -0.2) is 9.18 Å². The summed E-state index contributed by atoms with van der Waals surface area (Å²) < 4.78 is 39.5. The number of hydrogen-bond acceptors (Lipinski definition) is 12. The molecule has 13 atom stereocenters. The Labute approximate surface area is 257 Å². The van der Waals surface area contributed by atoms with Gasteiger partial charge < -0.3 is 39.2 Å². The van der Waals surface area contributed by atoms with Gasteiger partial charge in [-0.3, -0.25) is 9.59 Å². The Morgan fingerprint density at radius 3 is 2.23 bits per heavy atom. The molecule has 0 radical (unpaired) electrons. The highest BCUT2D eigenvalue weighted by Gasteiger charge is 2.56. The molecule has 0 saturated carbocycles. The van der Waals surface area contributed by atoms with E-state index in [4.69, 9.17) is 24.5 Å². The Kier molecular flexibility index (Phi) is 12.5. The molecule has 2 aliphatic rings. The first kappa shape index (κ1) is 38.0. The van der Waals surface area contributed by atoms with Crippen LogP contribution in [0.4, 0.5) is 4.39 Å². The first-order valence-corrected chi connectivity index (χ1v) is 14.8. The van der Waals surface area contributed by atoms with Gasteiger partial charge in [-0.1, -0.05) is 25.9 Å². The largest absolute Gasteiger partial charge is 0.456 e. The highest BCUT2D eigenvalue weighted by atomic mass is 19.1. The van der Waals surface area contributed by atoms with Crippen molar-refractivity contribution in [3.63, 3.8) is 0 Å². The maximum atomic E-state index is 16.2. The zero-order valence-corrected chi connectivity index (χ0v) is 27.3. The fourth-order valence-electron chi connectivity index (χ4n) is 6.27. The van der Waals surface area contributed by atoms with Crippen molar-refractivity contribution in [2.75, 3.05) is 27.7 Å². The van der Waals surface area contributed by atoms with Gasteiger partial charge in [0.15, 0.2) is 12.1 Å². The topological polar surface area (TPSA) is 201 Å². The number of carbonyl (C=O) groups is 3. The zero-order valence-electron chi connectivity index (χ0n) is 27.3. The van der Waals surface area contributed by atoms with Crippen LogP contribution in [0.5, 0.6) is 0 Å². The van der Waals surface area contributed by atoms with Crippen molar-refractivity contribution in [2.24, 2.45) is 22.9 Å².